The molecule has 7 N–H and O–H groups in total. The number of anilines is 2. The van der Waals surface area contributed by atoms with Crippen molar-refractivity contribution in [1.29, 1.82) is 0 Å². The third-order valence-electron chi connectivity index (χ3n) is 24.5. The number of methoxy groups -OCH3 is 3. The van der Waals surface area contributed by atoms with Crippen LogP contribution in [0.25, 0.3) is 33.4 Å². The van der Waals surface area contributed by atoms with Crippen molar-refractivity contribution < 1.29 is 115 Å². The number of amides is 3. The fourth-order valence-electron chi connectivity index (χ4n) is 17.1. The molecule has 3 amide bonds. The molecular weight excluding hydrogens is 1640 g/mol. The van der Waals surface area contributed by atoms with E-state index in [9.17, 15) is 43.8 Å². The number of rotatable bonds is 37. The number of ketones is 3. The van der Waals surface area contributed by atoms with Crippen molar-refractivity contribution in [3.63, 3.8) is 0 Å². The summed E-state index contributed by atoms with van der Waals surface area (Å²) < 4.78 is 88.3. The molecule has 34 nitrogen and oxygen atoms in total. The highest BCUT2D eigenvalue weighted by Gasteiger charge is 2.53. The van der Waals surface area contributed by atoms with Crippen molar-refractivity contribution >= 4 is 75.2 Å². The third-order valence-corrected chi connectivity index (χ3v) is 24.5. The van der Waals surface area contributed by atoms with Crippen LogP contribution in [0.4, 0.5) is 16.6 Å². The smallest absolute Gasteiger partial charge is 0.407 e. The van der Waals surface area contributed by atoms with Crippen molar-refractivity contribution in [3.05, 3.63) is 107 Å². The van der Waals surface area contributed by atoms with Gasteiger partial charge in [-0.05, 0) is 148 Å². The Morgan fingerprint density at radius 1 is 0.709 bits per heavy atom. The number of piperidine rings is 1. The van der Waals surface area contributed by atoms with E-state index in [1.165, 1.54) is 23.9 Å². The van der Waals surface area contributed by atoms with E-state index >= 15 is 0 Å². The number of allylic oxidation sites excluding steroid dienone is 6. The fraction of sp³-hybridized carbons (Fsp3) is 0.645. The van der Waals surface area contributed by atoms with E-state index in [2.05, 4.69) is 38.5 Å². The van der Waals surface area contributed by atoms with Gasteiger partial charge < -0.3 is 108 Å². The molecule has 15 atom stereocenters. The lowest BCUT2D eigenvalue weighted by Gasteiger charge is -2.42. The maximum Gasteiger partial charge on any atom is 0.407 e. The number of alkyl carbamates (subject to hydrolysis) is 1. The van der Waals surface area contributed by atoms with Gasteiger partial charge in [-0.15, -0.1) is 0 Å². The Morgan fingerprint density at radius 2 is 1.39 bits per heavy atom. The van der Waals surface area contributed by atoms with Crippen molar-refractivity contribution in [2.24, 2.45) is 35.5 Å². The number of oxazole rings is 1. The number of nitrogens with one attached hydrogen (secondary N) is 1. The summed E-state index contributed by atoms with van der Waals surface area (Å²) in [7, 11) is 4.49. The first-order chi connectivity index (χ1) is 61.3. The van der Waals surface area contributed by atoms with Gasteiger partial charge in [0, 0.05) is 83.7 Å². The zero-order chi connectivity index (χ0) is 90.9. The van der Waals surface area contributed by atoms with Crippen LogP contribution >= 0.6 is 0 Å². The van der Waals surface area contributed by atoms with Gasteiger partial charge >= 0.3 is 12.1 Å². The van der Waals surface area contributed by atoms with Gasteiger partial charge in [-0.2, -0.15) is 10.1 Å². The number of carbonyl (C=O) groups excluding carboxylic acids is 7. The number of Topliss-reactive ketones (excluding diaryl/α,β-unsaturated/α-hetero) is 3. The van der Waals surface area contributed by atoms with Gasteiger partial charge in [0.15, 0.2) is 17.0 Å². The predicted molar refractivity (Wildman–Crippen MR) is 470 cm³/mol. The highest BCUT2D eigenvalue weighted by molar-refractivity contribution is 6.39. The first-order valence-corrected chi connectivity index (χ1v) is 44.8. The zero-order valence-electron chi connectivity index (χ0n) is 75.5. The number of esters is 1. The highest BCUT2D eigenvalue weighted by atomic mass is 16.6. The van der Waals surface area contributed by atoms with E-state index in [4.69, 9.17) is 87.3 Å². The van der Waals surface area contributed by atoms with Crippen LogP contribution in [0.3, 0.4) is 0 Å². The molecule has 700 valence electrons. The number of cyclic esters (lactones) is 1. The molecular formula is C93H134N10O24. The molecule has 1 aliphatic carbocycles. The molecule has 1 saturated carbocycles. The van der Waals surface area contributed by atoms with Gasteiger partial charge in [-0.25, -0.2) is 24.2 Å². The van der Waals surface area contributed by atoms with E-state index in [1.807, 2.05) is 72.9 Å². The maximum atomic E-state index is 14.8. The Labute approximate surface area is 744 Å². The van der Waals surface area contributed by atoms with Crippen LogP contribution in [0.2, 0.25) is 0 Å². The molecule has 5 aliphatic rings. The lowest BCUT2D eigenvalue weighted by atomic mass is 9.78. The summed E-state index contributed by atoms with van der Waals surface area (Å²) in [5, 5.41) is 32.1. The largest absolute Gasteiger partial charge is 0.460 e. The number of benzene rings is 2. The van der Waals surface area contributed by atoms with Gasteiger partial charge in [0.25, 0.3) is 17.7 Å². The predicted octanol–water partition coefficient (Wildman–Crippen LogP) is 9.18. The molecule has 127 heavy (non-hydrogen) atoms. The molecule has 2 saturated heterocycles. The molecule has 10 rings (SSSR count). The number of ether oxygens (including phenoxy) is 14. The molecule has 3 aromatic heterocycles. The second-order valence-corrected chi connectivity index (χ2v) is 33.9. The van der Waals surface area contributed by atoms with Gasteiger partial charge in [0.05, 0.1) is 142 Å². The Kier molecular flexibility index (Phi) is 40.2. The molecule has 2 bridgehead atoms. The number of hydrogen-bond acceptors (Lipinski definition) is 30. The number of aliphatic hydroxyl groups is 2. The summed E-state index contributed by atoms with van der Waals surface area (Å²) in [5.74, 6) is -8.31. The van der Waals surface area contributed by atoms with E-state index in [0.29, 0.717) is 216 Å². The van der Waals surface area contributed by atoms with Crippen molar-refractivity contribution in [3.8, 4) is 11.3 Å². The zero-order valence-corrected chi connectivity index (χ0v) is 75.5. The minimum Gasteiger partial charge on any atom is -0.460 e. The van der Waals surface area contributed by atoms with Crippen LogP contribution in [-0.2, 0) is 115 Å². The summed E-state index contributed by atoms with van der Waals surface area (Å²) in [4.78, 5) is 115. The second kappa shape index (κ2) is 50.9. The lowest BCUT2D eigenvalue weighted by molar-refractivity contribution is -0.265. The van der Waals surface area contributed by atoms with Gasteiger partial charge in [-0.1, -0.05) is 89.3 Å². The number of carbonyl (C=O) groups is 7. The molecule has 34 heteroatoms. The van der Waals surface area contributed by atoms with E-state index in [0.717, 1.165) is 28.7 Å². The van der Waals surface area contributed by atoms with E-state index < -0.39 is 102 Å². The average molecular weight is 1780 g/mol. The Hall–Kier alpha value is -8.85. The Bertz CT molecular complexity index is 4510. The number of nitrogens with two attached hydrogens (primary N) is 2. The quantitative estimate of drug-likeness (QED) is 0.0107. The second-order valence-electron chi connectivity index (χ2n) is 33.9. The molecule has 5 aromatic rings. The average Bonchev–Trinajstić information content (AvgIpc) is 1.71. The SMILES string of the molecule is CO[C@H]1C[C@@H]2CC[C@@H](C)[C@@](O)(O2)C(=O)C(=O)N2CCCC[C@H]2C(=O)O[C@H]([C@H](C)C[C@@H]2CC[C@@H](OC(=O)NCCOCCOCCOCCOCCOCCOCCOCCOCCC(=O)N3CCc4cc(Cn5nc(-c6ccc7oc(N)nc7c6)c6c(N)ncnc65)ccc4C3)[C@H](OC)C2)CC(=O)[C@H](C)/C=C(/C)[C@@H](O)[C@@H](OC)C(=O)[C@H](C)C[C@H](C)\C=C/C=C\C=C/1C. The maximum absolute atomic E-state index is 14.8. The van der Waals surface area contributed by atoms with Gasteiger partial charge in [0.2, 0.25) is 11.7 Å². The van der Waals surface area contributed by atoms with E-state index in [-0.39, 0.29) is 80.7 Å². The molecule has 2 aromatic carbocycles. The van der Waals surface area contributed by atoms with Crippen LogP contribution in [0.15, 0.2) is 94.7 Å². The Morgan fingerprint density at radius 3 is 2.06 bits per heavy atom. The minimum atomic E-state index is -2.48. The monoisotopic (exact) mass is 1770 g/mol. The summed E-state index contributed by atoms with van der Waals surface area (Å²) >= 11 is 0. The summed E-state index contributed by atoms with van der Waals surface area (Å²) in [5.41, 5.74) is 19.9. The molecule has 7 heterocycles. The molecule has 3 fully saturated rings. The van der Waals surface area contributed by atoms with Gasteiger partial charge in [0.1, 0.15) is 59.6 Å². The summed E-state index contributed by atoms with van der Waals surface area (Å²) in [6.07, 6.45) is 11.8. The first-order valence-electron chi connectivity index (χ1n) is 44.8. The van der Waals surface area contributed by atoms with Crippen molar-refractivity contribution in [2.75, 3.05) is 158 Å². The number of aliphatic hydroxyl groups excluding tert-OH is 1. The number of nitrogen functional groups attached to an aromatic ring is 2. The van der Waals surface area contributed by atoms with Crippen LogP contribution in [0.1, 0.15) is 149 Å². The third kappa shape index (κ3) is 29.3. The summed E-state index contributed by atoms with van der Waals surface area (Å²) in [6.45, 7) is 20.2. The normalized spacial score (nSPS) is 27.0. The summed E-state index contributed by atoms with van der Waals surface area (Å²) in [6, 6.07) is 10.7. The topological polar surface area (TPSA) is 429 Å². The molecule has 0 unspecified atom stereocenters. The highest BCUT2D eigenvalue weighted by Crippen LogP contribution is 2.40. The van der Waals surface area contributed by atoms with Crippen molar-refractivity contribution in [2.45, 2.75) is 206 Å². The minimum absolute atomic E-state index is 0.0193. The first kappa shape index (κ1) is 100. The van der Waals surface area contributed by atoms with E-state index in [1.54, 1.807) is 54.1 Å². The van der Waals surface area contributed by atoms with Crippen molar-refractivity contribution in [1.82, 2.24) is 39.8 Å². The fourth-order valence-corrected chi connectivity index (χ4v) is 17.1. The van der Waals surface area contributed by atoms with Crippen LogP contribution in [0.5, 0.6) is 0 Å². The Balaban J connectivity index is 0.552. The number of aromatic nitrogens is 5. The number of nitrogens with zero attached hydrogens (tertiary/aromatic N) is 7. The lowest BCUT2D eigenvalue weighted by Crippen LogP contribution is -2.61. The van der Waals surface area contributed by atoms with Crippen LogP contribution in [-0.4, -0.2) is 287 Å². The van der Waals surface area contributed by atoms with Gasteiger partial charge in [-0.3, -0.25) is 24.0 Å². The molecule has 4 aliphatic heterocycles. The van der Waals surface area contributed by atoms with Crippen LogP contribution in [0, 0.1) is 35.5 Å². The standard InChI is InChI=1S/C93H134N10O24/c1-59-16-12-11-13-17-60(2)77(113-8)54-71-24-19-65(7)93(112,127-71)86(108)89(109)102-30-15-14-18-73(102)90(110)124-78(55-74(104)61(3)49-64(6)84(107)85(115-10)83(106)63(5)48-59)62(4)50-66-21-25-76(79(52-66)114-9)126-92(111)96-29-33-117-35-37-119-39-41-121-43-45-123-47-46-122-44-42-120-40-38-118-36-34-116-32-28-80(105)101-31-27-68-51-67(20-22-70(68)57-101)56-103-88-81(87(94)97-58-98-88)82(100-103)69-23-26-75-72(53-69)99-91(95)125-75/h11-13,16-17,20,22-23,26,49,51,53,58-59,61-63,65-66,71,73,76-79,84-85,107,112H,14-15,18-19,21,24-25,27-48,50,52,54-57H2,1-10H3,(H2,95,99)(H,96,111)(H2,94,97,98)/b13-11-,16-12-,60-17-,64-49-/t59-,61-,62-,63-,65-,66+,71+,73+,76-,77+,78+,79-,84-,85+,93-/m1/s1. The van der Waals surface area contributed by atoms with Crippen LogP contribution < -0.4 is 16.8 Å². The number of fused-ring (bicyclic) bond motifs is 6. The number of hydrogen-bond donors (Lipinski definition) is 5. The molecule has 0 radical (unpaired) electrons. The molecule has 0 spiro atoms.